The van der Waals surface area contributed by atoms with Gasteiger partial charge in [-0.1, -0.05) is 30.3 Å². The Morgan fingerprint density at radius 1 is 1.24 bits per heavy atom. The van der Waals surface area contributed by atoms with Gasteiger partial charge >= 0.3 is 0 Å². The molecule has 0 aromatic heterocycles. The van der Waals surface area contributed by atoms with Crippen molar-refractivity contribution in [2.24, 2.45) is 5.73 Å². The fraction of sp³-hybridized carbons (Fsp3) is 0.429. The number of nitrogens with two attached hydrogens (primary N) is 1. The molecular weight excluding hydrogens is 294 g/mol. The molecule has 7 heteroatoms. The van der Waals surface area contributed by atoms with Crippen LogP contribution < -0.4 is 16.4 Å². The van der Waals surface area contributed by atoms with Gasteiger partial charge in [0.2, 0.25) is 11.8 Å². The van der Waals surface area contributed by atoms with Gasteiger partial charge < -0.3 is 21.1 Å². The maximum absolute atomic E-state index is 12.0. The Hall–Kier alpha value is -1.63. The lowest BCUT2D eigenvalue weighted by molar-refractivity contribution is -0.126. The first-order valence-electron chi connectivity index (χ1n) is 6.47. The van der Waals surface area contributed by atoms with E-state index in [1.54, 1.807) is 7.11 Å². The molecule has 0 aliphatic carbocycles. The van der Waals surface area contributed by atoms with Crippen molar-refractivity contribution in [1.82, 2.24) is 10.6 Å². The number of methoxy groups -OCH3 is 1. The van der Waals surface area contributed by atoms with Gasteiger partial charge in [0.05, 0.1) is 19.1 Å². The molecule has 0 fully saturated rings. The summed E-state index contributed by atoms with van der Waals surface area (Å²) in [6.07, 6.45) is 0. The topological polar surface area (TPSA) is 93.5 Å². The van der Waals surface area contributed by atoms with Crippen LogP contribution in [0.15, 0.2) is 30.3 Å². The van der Waals surface area contributed by atoms with Gasteiger partial charge in [-0.2, -0.15) is 0 Å². The van der Waals surface area contributed by atoms with Gasteiger partial charge in [-0.25, -0.2) is 0 Å². The van der Waals surface area contributed by atoms with E-state index in [9.17, 15) is 9.59 Å². The van der Waals surface area contributed by atoms with Crippen LogP contribution in [0.5, 0.6) is 0 Å². The molecule has 1 aromatic carbocycles. The average molecular weight is 316 g/mol. The van der Waals surface area contributed by atoms with Crippen LogP contribution >= 0.6 is 12.4 Å². The number of amides is 2. The molecule has 0 spiro atoms. The van der Waals surface area contributed by atoms with Crippen LogP contribution in [0.4, 0.5) is 0 Å². The normalized spacial score (nSPS) is 11.1. The van der Waals surface area contributed by atoms with Gasteiger partial charge in [-0.15, -0.1) is 12.4 Å². The van der Waals surface area contributed by atoms with Gasteiger partial charge in [0.25, 0.3) is 0 Å². The number of ether oxygens (including phenoxy) is 1. The van der Waals surface area contributed by atoms with E-state index in [1.807, 2.05) is 30.3 Å². The summed E-state index contributed by atoms with van der Waals surface area (Å²) in [6.45, 7) is 0.992. The summed E-state index contributed by atoms with van der Waals surface area (Å²) < 4.78 is 4.81. The van der Waals surface area contributed by atoms with Crippen molar-refractivity contribution in [3.8, 4) is 0 Å². The van der Waals surface area contributed by atoms with Crippen LogP contribution in [-0.2, 0) is 14.3 Å². The standard InChI is InChI=1S/C14H21N3O3.ClH/c1-20-8-7-16-13(18)10-17-14(19)12(9-15)11-5-3-2-4-6-11;/h2-6,12H,7-10,15H2,1H3,(H,16,18)(H,17,19);1H. The highest BCUT2D eigenvalue weighted by atomic mass is 35.5. The fourth-order valence-electron chi connectivity index (χ4n) is 1.73. The van der Waals surface area contributed by atoms with E-state index in [0.29, 0.717) is 13.2 Å². The number of nitrogens with one attached hydrogen (secondary N) is 2. The van der Waals surface area contributed by atoms with E-state index in [-0.39, 0.29) is 37.3 Å². The Balaban J connectivity index is 0.00000400. The smallest absolute Gasteiger partial charge is 0.239 e. The fourth-order valence-corrected chi connectivity index (χ4v) is 1.73. The highest BCUT2D eigenvalue weighted by Gasteiger charge is 2.18. The number of carbonyl (C=O) groups excluding carboxylic acids is 2. The lowest BCUT2D eigenvalue weighted by Gasteiger charge is -2.15. The summed E-state index contributed by atoms with van der Waals surface area (Å²) >= 11 is 0. The van der Waals surface area contributed by atoms with Crippen molar-refractivity contribution in [3.05, 3.63) is 35.9 Å². The van der Waals surface area contributed by atoms with Crippen molar-refractivity contribution >= 4 is 24.2 Å². The van der Waals surface area contributed by atoms with E-state index in [4.69, 9.17) is 10.5 Å². The molecule has 0 aliphatic heterocycles. The number of benzene rings is 1. The van der Waals surface area contributed by atoms with Crippen LogP contribution in [0.3, 0.4) is 0 Å². The molecule has 1 unspecified atom stereocenters. The quantitative estimate of drug-likeness (QED) is 0.590. The average Bonchev–Trinajstić information content (AvgIpc) is 2.47. The maximum atomic E-state index is 12.0. The first kappa shape index (κ1) is 19.4. The van der Waals surface area contributed by atoms with Gasteiger partial charge in [0.1, 0.15) is 0 Å². The number of carbonyl (C=O) groups is 2. The molecule has 4 N–H and O–H groups in total. The number of hydrogen-bond donors (Lipinski definition) is 3. The summed E-state index contributed by atoms with van der Waals surface area (Å²) in [5, 5.41) is 5.21. The molecule has 0 aliphatic rings. The molecule has 1 atom stereocenters. The minimum Gasteiger partial charge on any atom is -0.383 e. The summed E-state index contributed by atoms with van der Waals surface area (Å²) in [5.41, 5.74) is 6.47. The Bertz CT molecular complexity index is 429. The number of rotatable bonds is 8. The van der Waals surface area contributed by atoms with E-state index < -0.39 is 5.92 Å². The van der Waals surface area contributed by atoms with E-state index in [2.05, 4.69) is 10.6 Å². The van der Waals surface area contributed by atoms with E-state index in [0.717, 1.165) is 5.56 Å². The van der Waals surface area contributed by atoms with Crippen LogP contribution in [-0.4, -0.2) is 45.2 Å². The Morgan fingerprint density at radius 3 is 2.48 bits per heavy atom. The van der Waals surface area contributed by atoms with E-state index in [1.165, 1.54) is 0 Å². The molecule has 2 amide bonds. The second-order valence-electron chi connectivity index (χ2n) is 4.26. The van der Waals surface area contributed by atoms with Crippen molar-refractivity contribution < 1.29 is 14.3 Å². The lowest BCUT2D eigenvalue weighted by Crippen LogP contribution is -2.41. The highest BCUT2D eigenvalue weighted by molar-refractivity contribution is 5.88. The molecule has 0 radical (unpaired) electrons. The molecule has 1 aromatic rings. The van der Waals surface area contributed by atoms with Gasteiger partial charge in [0.15, 0.2) is 0 Å². The maximum Gasteiger partial charge on any atom is 0.239 e. The highest BCUT2D eigenvalue weighted by Crippen LogP contribution is 2.13. The molecule has 6 nitrogen and oxygen atoms in total. The predicted molar refractivity (Wildman–Crippen MR) is 83.4 cm³/mol. The van der Waals surface area contributed by atoms with Crippen molar-refractivity contribution in [2.45, 2.75) is 5.92 Å². The largest absolute Gasteiger partial charge is 0.383 e. The molecule has 0 bridgehead atoms. The van der Waals surface area contributed by atoms with Crippen LogP contribution in [0.1, 0.15) is 11.5 Å². The first-order chi connectivity index (χ1) is 9.69. The van der Waals surface area contributed by atoms with Gasteiger partial charge in [-0.3, -0.25) is 9.59 Å². The monoisotopic (exact) mass is 315 g/mol. The minimum absolute atomic E-state index is 0. The third-order valence-electron chi connectivity index (χ3n) is 2.81. The van der Waals surface area contributed by atoms with Crippen LogP contribution in [0.25, 0.3) is 0 Å². The summed E-state index contributed by atoms with van der Waals surface area (Å²) in [6, 6.07) is 9.26. The van der Waals surface area contributed by atoms with Crippen molar-refractivity contribution in [1.29, 1.82) is 0 Å². The van der Waals surface area contributed by atoms with Gasteiger partial charge in [-0.05, 0) is 5.56 Å². The molecule has 1 rings (SSSR count). The second kappa shape index (κ2) is 11.1. The van der Waals surface area contributed by atoms with E-state index >= 15 is 0 Å². The second-order valence-corrected chi connectivity index (χ2v) is 4.26. The Labute approximate surface area is 130 Å². The number of halogens is 1. The van der Waals surface area contributed by atoms with Gasteiger partial charge in [0, 0.05) is 20.2 Å². The summed E-state index contributed by atoms with van der Waals surface area (Å²) in [5.74, 6) is -0.942. The zero-order chi connectivity index (χ0) is 14.8. The predicted octanol–water partition coefficient (Wildman–Crippen LogP) is 0.0295. The number of hydrogen-bond acceptors (Lipinski definition) is 4. The van der Waals surface area contributed by atoms with Crippen LogP contribution in [0, 0.1) is 0 Å². The summed E-state index contributed by atoms with van der Waals surface area (Å²) in [4.78, 5) is 23.5. The molecule has 0 saturated carbocycles. The third kappa shape index (κ3) is 7.08. The molecule has 118 valence electrons. The molecule has 0 saturated heterocycles. The molecular formula is C14H22ClN3O3. The lowest BCUT2D eigenvalue weighted by atomic mass is 9.98. The molecule has 21 heavy (non-hydrogen) atoms. The third-order valence-corrected chi connectivity index (χ3v) is 2.81. The first-order valence-corrected chi connectivity index (χ1v) is 6.47. The molecule has 0 heterocycles. The summed E-state index contributed by atoms with van der Waals surface area (Å²) in [7, 11) is 1.56. The minimum atomic E-state index is -0.442. The van der Waals surface area contributed by atoms with Crippen LogP contribution in [0.2, 0.25) is 0 Å². The van der Waals surface area contributed by atoms with Crippen molar-refractivity contribution in [2.75, 3.05) is 33.4 Å². The zero-order valence-electron chi connectivity index (χ0n) is 12.0. The SMILES string of the molecule is COCCNC(=O)CNC(=O)C(CN)c1ccccc1.Cl. The Kier molecular flexibility index (Phi) is 10.2. The Morgan fingerprint density at radius 2 is 1.90 bits per heavy atom. The zero-order valence-corrected chi connectivity index (χ0v) is 12.8. The van der Waals surface area contributed by atoms with Crippen molar-refractivity contribution in [3.63, 3.8) is 0 Å².